The van der Waals surface area contributed by atoms with Gasteiger partial charge in [0.2, 0.25) is 0 Å². The second-order valence-electron chi connectivity index (χ2n) is 3.16. The molecule has 0 N–H and O–H groups in total. The summed E-state index contributed by atoms with van der Waals surface area (Å²) in [4.78, 5) is 0. The topological polar surface area (TPSA) is 9.23 Å². The molecular formula is C10H14BrIOSi. The van der Waals surface area contributed by atoms with E-state index in [2.05, 4.69) is 44.0 Å². The van der Waals surface area contributed by atoms with Crippen molar-refractivity contribution in [2.45, 2.75) is 25.8 Å². The second-order valence-corrected chi connectivity index (χ2v) is 18.7. The summed E-state index contributed by atoms with van der Waals surface area (Å²) in [5, 5.41) is 0. The Hall–Kier alpha value is 0.447. The molecule has 78 valence electrons. The van der Waals surface area contributed by atoms with E-state index in [1.165, 1.54) is 12.8 Å². The molecule has 1 aromatic rings. The normalized spacial score (nSPS) is 14.8. The minimum Gasteiger partial charge on any atom is -0.525 e. The largest absolute Gasteiger partial charge is 0.525 e. The van der Waals surface area contributed by atoms with Gasteiger partial charge in [0, 0.05) is 0 Å². The Bertz CT molecular complexity index is 266. The van der Waals surface area contributed by atoms with Crippen LogP contribution in [0.5, 0.6) is 5.75 Å². The van der Waals surface area contributed by atoms with Crippen molar-refractivity contribution in [1.82, 2.24) is 0 Å². The SMILES string of the molecule is CCCC[Si](Br)(I)Oc1ccccc1. The zero-order chi connectivity index (χ0) is 10.4. The second kappa shape index (κ2) is 6.12. The number of hydrogen-bond donors (Lipinski definition) is 0. The fourth-order valence-electron chi connectivity index (χ4n) is 1.09. The molecule has 0 aliphatic rings. The van der Waals surface area contributed by atoms with Crippen LogP contribution in [-0.2, 0) is 0 Å². The first-order valence-corrected chi connectivity index (χ1v) is 12.2. The summed E-state index contributed by atoms with van der Waals surface area (Å²) in [5.74, 6) is 0.974. The lowest BCUT2D eigenvalue weighted by atomic mass is 10.3. The fourth-order valence-corrected chi connectivity index (χ4v) is 5.75. The first kappa shape index (κ1) is 12.5. The first-order chi connectivity index (χ1) is 6.64. The Labute approximate surface area is 107 Å². The van der Waals surface area contributed by atoms with Crippen LogP contribution in [0.25, 0.3) is 0 Å². The molecule has 0 fully saturated rings. The maximum atomic E-state index is 5.95. The van der Waals surface area contributed by atoms with Gasteiger partial charge in [-0.25, -0.2) is 0 Å². The molecule has 4 heteroatoms. The van der Waals surface area contributed by atoms with E-state index in [-0.39, 0.29) is 0 Å². The van der Waals surface area contributed by atoms with Crippen molar-refractivity contribution in [3.63, 3.8) is 0 Å². The third-order valence-electron chi connectivity index (χ3n) is 1.83. The minimum absolute atomic E-state index is 0.974. The van der Waals surface area contributed by atoms with Crippen LogP contribution in [0.15, 0.2) is 30.3 Å². The maximum absolute atomic E-state index is 5.95. The molecule has 0 aliphatic carbocycles. The highest BCUT2D eigenvalue weighted by Gasteiger charge is 2.29. The van der Waals surface area contributed by atoms with Crippen LogP contribution in [0.1, 0.15) is 19.8 Å². The maximum Gasteiger partial charge on any atom is 0.387 e. The molecule has 0 aliphatic heterocycles. The summed E-state index contributed by atoms with van der Waals surface area (Å²) in [7, 11) is 0. The Balaban J connectivity index is 2.50. The van der Waals surface area contributed by atoms with E-state index in [9.17, 15) is 0 Å². The third-order valence-corrected chi connectivity index (χ3v) is 7.26. The molecular weight excluding hydrogens is 371 g/mol. The third kappa shape index (κ3) is 4.79. The Morgan fingerprint density at radius 1 is 1.36 bits per heavy atom. The van der Waals surface area contributed by atoms with Crippen LogP contribution in [0.4, 0.5) is 0 Å². The Morgan fingerprint density at radius 3 is 2.57 bits per heavy atom. The minimum atomic E-state index is -1.68. The molecule has 0 amide bonds. The number of unbranched alkanes of at least 4 members (excludes halogenated alkanes) is 1. The zero-order valence-corrected chi connectivity index (χ0v) is 12.9. The molecule has 0 saturated heterocycles. The molecule has 1 aromatic carbocycles. The standard InChI is InChI=1S/C10H14BrIOSi/c1-2-3-9-14(11,12)13-10-7-5-4-6-8-10/h4-8H,2-3,9H2,1H3. The number of benzene rings is 1. The highest BCUT2D eigenvalue weighted by atomic mass is 127. The van der Waals surface area contributed by atoms with Crippen molar-refractivity contribution in [3.05, 3.63) is 30.3 Å². The Kier molecular flexibility index (Phi) is 5.47. The molecule has 1 atom stereocenters. The monoisotopic (exact) mass is 384 g/mol. The van der Waals surface area contributed by atoms with Crippen molar-refractivity contribution in [3.8, 4) is 5.75 Å². The summed E-state index contributed by atoms with van der Waals surface area (Å²) in [5.41, 5.74) is 0. The number of rotatable bonds is 5. The van der Waals surface area contributed by atoms with Gasteiger partial charge in [-0.3, -0.25) is 0 Å². The number of para-hydroxylation sites is 1. The molecule has 0 heterocycles. The molecule has 0 aromatic heterocycles. The van der Waals surface area contributed by atoms with Gasteiger partial charge in [0.1, 0.15) is 5.75 Å². The summed E-state index contributed by atoms with van der Waals surface area (Å²) in [6.07, 6.45) is 2.45. The molecule has 14 heavy (non-hydrogen) atoms. The fraction of sp³-hybridized carbons (Fsp3) is 0.400. The molecule has 0 bridgehead atoms. The van der Waals surface area contributed by atoms with E-state index in [1.54, 1.807) is 0 Å². The van der Waals surface area contributed by atoms with Gasteiger partial charge in [-0.15, -0.1) is 0 Å². The van der Waals surface area contributed by atoms with E-state index in [0.29, 0.717) is 0 Å². The highest BCUT2D eigenvalue weighted by Crippen LogP contribution is 2.31. The van der Waals surface area contributed by atoms with Gasteiger partial charge in [0.25, 0.3) is 0 Å². The van der Waals surface area contributed by atoms with Crippen LogP contribution in [-0.4, -0.2) is 4.43 Å². The van der Waals surface area contributed by atoms with Gasteiger partial charge in [-0.05, 0) is 18.2 Å². The van der Waals surface area contributed by atoms with Crippen molar-refractivity contribution >= 4 is 41.5 Å². The summed E-state index contributed by atoms with van der Waals surface area (Å²) >= 11 is 6.16. The van der Waals surface area contributed by atoms with E-state index >= 15 is 0 Å². The van der Waals surface area contributed by atoms with Gasteiger partial charge < -0.3 is 4.43 Å². The molecule has 1 nitrogen and oxygen atoms in total. The smallest absolute Gasteiger partial charge is 0.387 e. The Morgan fingerprint density at radius 2 is 2.00 bits per heavy atom. The summed E-state index contributed by atoms with van der Waals surface area (Å²) < 4.78 is 4.26. The predicted molar refractivity (Wildman–Crippen MR) is 75.5 cm³/mol. The van der Waals surface area contributed by atoms with Gasteiger partial charge >= 0.3 is 4.43 Å². The average molecular weight is 385 g/mol. The lowest BCUT2D eigenvalue weighted by Gasteiger charge is -2.19. The van der Waals surface area contributed by atoms with Gasteiger partial charge in [-0.1, -0.05) is 75.1 Å². The van der Waals surface area contributed by atoms with Gasteiger partial charge in [0.05, 0.1) is 0 Å². The lowest BCUT2D eigenvalue weighted by molar-refractivity contribution is 0.579. The van der Waals surface area contributed by atoms with Crippen LogP contribution < -0.4 is 4.43 Å². The van der Waals surface area contributed by atoms with E-state index < -0.39 is 4.43 Å². The van der Waals surface area contributed by atoms with E-state index in [4.69, 9.17) is 4.43 Å². The summed E-state index contributed by atoms with van der Waals surface area (Å²) in [6.45, 7) is 2.20. The molecule has 0 radical (unpaired) electrons. The molecule has 1 unspecified atom stereocenters. The molecule has 0 spiro atoms. The van der Waals surface area contributed by atoms with Crippen LogP contribution in [0.2, 0.25) is 6.04 Å². The van der Waals surface area contributed by atoms with Crippen molar-refractivity contribution in [1.29, 1.82) is 0 Å². The lowest BCUT2D eigenvalue weighted by Crippen LogP contribution is -2.26. The average Bonchev–Trinajstić information content (AvgIpc) is 2.16. The van der Waals surface area contributed by atoms with E-state index in [1.807, 2.05) is 30.3 Å². The highest BCUT2D eigenvalue weighted by molar-refractivity contribution is 14.1. The number of halogens is 2. The first-order valence-electron chi connectivity index (χ1n) is 4.76. The van der Waals surface area contributed by atoms with Crippen molar-refractivity contribution in [2.75, 3.05) is 0 Å². The van der Waals surface area contributed by atoms with Gasteiger partial charge in [0.15, 0.2) is 0 Å². The molecule has 0 saturated carbocycles. The predicted octanol–water partition coefficient (Wildman–Crippen LogP) is 4.63. The van der Waals surface area contributed by atoms with Crippen LogP contribution >= 0.6 is 37.1 Å². The van der Waals surface area contributed by atoms with E-state index in [0.717, 1.165) is 11.8 Å². The van der Waals surface area contributed by atoms with Crippen LogP contribution in [0, 0.1) is 0 Å². The summed E-state index contributed by atoms with van der Waals surface area (Å²) in [6, 6.07) is 11.2. The van der Waals surface area contributed by atoms with Crippen molar-refractivity contribution in [2.24, 2.45) is 0 Å². The van der Waals surface area contributed by atoms with Crippen molar-refractivity contribution < 1.29 is 4.43 Å². The zero-order valence-electron chi connectivity index (χ0n) is 8.17. The molecule has 1 rings (SSSR count). The van der Waals surface area contributed by atoms with Gasteiger partial charge in [-0.2, -0.15) is 0 Å². The number of hydrogen-bond acceptors (Lipinski definition) is 1. The quantitative estimate of drug-likeness (QED) is 0.408. The van der Waals surface area contributed by atoms with Crippen LogP contribution in [0.3, 0.4) is 0 Å².